The number of halogens is 4. The number of pyridine rings is 1. The first-order valence-electron chi connectivity index (χ1n) is 24.8. The van der Waals surface area contributed by atoms with E-state index in [9.17, 15) is 41.5 Å². The van der Waals surface area contributed by atoms with Crippen LogP contribution in [0.15, 0.2) is 54.1 Å². The number of urea groups is 1. The van der Waals surface area contributed by atoms with Gasteiger partial charge in [-0.25, -0.2) is 19.6 Å². The van der Waals surface area contributed by atoms with Crippen molar-refractivity contribution < 1.29 is 51.0 Å². The zero-order chi connectivity index (χ0) is 52.6. The highest BCUT2D eigenvalue weighted by Crippen LogP contribution is 2.44. The van der Waals surface area contributed by atoms with Crippen LogP contribution >= 0.6 is 11.3 Å². The van der Waals surface area contributed by atoms with Crippen molar-refractivity contribution in [2.75, 3.05) is 60.2 Å². The molecule has 3 aromatic heterocycles. The normalized spacial score (nSPS) is 21.2. The average molecular weight is 1040 g/mol. The zero-order valence-corrected chi connectivity index (χ0v) is 43.2. The van der Waals surface area contributed by atoms with E-state index in [0.29, 0.717) is 102 Å². The van der Waals surface area contributed by atoms with Crippen LogP contribution in [0.2, 0.25) is 0 Å². The van der Waals surface area contributed by atoms with Gasteiger partial charge in [-0.2, -0.15) is 13.2 Å². The Morgan fingerprint density at radius 1 is 1.08 bits per heavy atom. The lowest BCUT2D eigenvalue weighted by Crippen LogP contribution is -2.64. The fourth-order valence-electron chi connectivity index (χ4n) is 10.8. The minimum atomic E-state index is -4.60. The number of alkyl halides is 4. The first-order valence-corrected chi connectivity index (χ1v) is 25.7. The Morgan fingerprint density at radius 2 is 1.82 bits per heavy atom. The number of nitrogens with one attached hydrogen (secondary N) is 2. The summed E-state index contributed by atoms with van der Waals surface area (Å²) in [4.78, 5) is 84.0. The molecule has 1 spiro atoms. The molecule has 0 radical (unpaired) electrons. The number of rotatable bonds is 10. The maximum absolute atomic E-state index is 14.7. The summed E-state index contributed by atoms with van der Waals surface area (Å²) in [5.41, 5.74) is 5.42. The fraction of sp³-hybridized carbons (Fsp3) is 0.558. The molecule has 5 amide bonds. The van der Waals surface area contributed by atoms with Crippen LogP contribution in [0.4, 0.5) is 22.4 Å². The number of cyclic esters (lactones) is 1. The summed E-state index contributed by atoms with van der Waals surface area (Å²) in [6.07, 6.45) is 1.08. The van der Waals surface area contributed by atoms with E-state index in [4.69, 9.17) is 14.5 Å². The second kappa shape index (κ2) is 21.5. The number of carbonyl (C=O) groups excluding carboxylic acids is 5. The second-order valence-electron chi connectivity index (χ2n) is 21.0. The molecule has 394 valence electrons. The summed E-state index contributed by atoms with van der Waals surface area (Å²) >= 11 is 1.26. The van der Waals surface area contributed by atoms with Crippen molar-refractivity contribution in [1.29, 1.82) is 0 Å². The van der Waals surface area contributed by atoms with E-state index >= 15 is 0 Å². The maximum Gasteiger partial charge on any atom is 0.406 e. The van der Waals surface area contributed by atoms with Crippen molar-refractivity contribution in [3.8, 4) is 22.5 Å². The molecule has 7 heterocycles. The fourth-order valence-corrected chi connectivity index (χ4v) is 11.6. The lowest BCUT2D eigenvalue weighted by molar-refractivity contribution is -0.155. The molecule has 4 aromatic rings. The minimum Gasteiger partial charge on any atom is -0.464 e. The van der Waals surface area contributed by atoms with Crippen LogP contribution < -0.4 is 10.7 Å². The van der Waals surface area contributed by atoms with E-state index in [2.05, 4.69) is 15.7 Å². The number of esters is 1. The third kappa shape index (κ3) is 11.6. The van der Waals surface area contributed by atoms with Crippen molar-refractivity contribution in [3.05, 3.63) is 70.3 Å². The molecular weight excluding hydrogens is 971 g/mol. The van der Waals surface area contributed by atoms with E-state index in [1.54, 1.807) is 59.6 Å². The van der Waals surface area contributed by atoms with E-state index in [-0.39, 0.29) is 49.3 Å². The zero-order valence-electron chi connectivity index (χ0n) is 42.4. The van der Waals surface area contributed by atoms with Gasteiger partial charge in [-0.1, -0.05) is 33.8 Å². The Balaban J connectivity index is 1.11. The number of carbonyl (C=O) groups is 5. The van der Waals surface area contributed by atoms with Gasteiger partial charge in [-0.05, 0) is 80.9 Å². The third-order valence-electron chi connectivity index (χ3n) is 14.6. The SMILES string of the molecule is CO[C@@H](C)c1ncccc1-c1c2c3cc(ccc3n1CC(F)(F)F)-c1csc(n1)C[C@H](NC(=O)[C@H](C(C)C)N(C)C(=O)N1CCC3(CC1)CN(C(=O)/C=C/CF)C3)C(=O)N1CCCC(N1)C(=O)OCC(C)(C)C2. The number of fused-ring (bicyclic) bond motifs is 6. The molecule has 21 heteroatoms. The highest BCUT2D eigenvalue weighted by Gasteiger charge is 2.48. The van der Waals surface area contributed by atoms with Gasteiger partial charge in [-0.15, -0.1) is 11.3 Å². The Kier molecular flexibility index (Phi) is 15.7. The highest BCUT2D eigenvalue weighted by atomic mass is 32.1. The molecule has 4 atom stereocenters. The standard InChI is InChI=1S/C52H65F4N9O7S/c1-31(2)44(61(6)49(70)62-21-16-51(17-22-62)27-63(28-51)42(66)13-8-18-53)46(67)59-38-24-41-58-39(26-73-41)33-14-15-40-35(23-33)36(25-50(4,5)30-72-48(69)37-12-10-20-65(60-37)47(38)68)45(64(40)29-52(54,55)56)34-11-9-19-57-43(34)32(3)71-7/h8-9,11,13-15,19,23,26,31-32,37-38,44,60H,10,12,16-18,20-22,24-25,27-30H2,1-7H3,(H,59,67)/b13-8+/t32-,37?,38-,44-/m0/s1. The predicted molar refractivity (Wildman–Crippen MR) is 266 cm³/mol. The number of hydrogen-bond acceptors (Lipinski definition) is 11. The number of amides is 5. The number of thiazole rings is 1. The Hall–Kier alpha value is -5.93. The number of hydrogen-bond donors (Lipinski definition) is 2. The first kappa shape index (κ1) is 53.4. The van der Waals surface area contributed by atoms with Gasteiger partial charge in [-0.3, -0.25) is 29.2 Å². The number of ether oxygens (including phenoxy) is 2. The number of aromatic nitrogens is 3. The number of nitrogens with zero attached hydrogens (tertiary/aromatic N) is 7. The Bertz CT molecular complexity index is 2740. The quantitative estimate of drug-likeness (QED) is 0.0936. The van der Waals surface area contributed by atoms with Crippen molar-refractivity contribution in [3.63, 3.8) is 0 Å². The number of likely N-dealkylation sites (tertiary alicyclic amines) is 2. The van der Waals surface area contributed by atoms with Gasteiger partial charge in [0.25, 0.3) is 5.91 Å². The Morgan fingerprint density at radius 3 is 2.51 bits per heavy atom. The van der Waals surface area contributed by atoms with Gasteiger partial charge in [0.2, 0.25) is 11.8 Å². The molecule has 3 saturated heterocycles. The lowest BCUT2D eigenvalue weighted by atomic mass is 9.72. The maximum atomic E-state index is 14.7. The van der Waals surface area contributed by atoms with Gasteiger partial charge in [0, 0.05) is 104 Å². The number of hydrazine groups is 1. The molecule has 73 heavy (non-hydrogen) atoms. The van der Waals surface area contributed by atoms with Crippen LogP contribution in [-0.2, 0) is 48.0 Å². The second-order valence-corrected chi connectivity index (χ2v) is 22.0. The van der Waals surface area contributed by atoms with Crippen LogP contribution in [0.25, 0.3) is 33.4 Å². The van der Waals surface area contributed by atoms with E-state index in [1.165, 1.54) is 45.1 Å². The number of allylic oxidation sites excluding steroid dienone is 1. The number of likely N-dealkylation sites (N-methyl/N-ethyl adjacent to an activating group) is 1. The van der Waals surface area contributed by atoms with Gasteiger partial charge in [0.1, 0.15) is 31.3 Å². The summed E-state index contributed by atoms with van der Waals surface area (Å²) in [6, 6.07) is 5.15. The molecule has 4 aliphatic heterocycles. The van der Waals surface area contributed by atoms with Crippen molar-refractivity contribution in [2.24, 2.45) is 16.7 Å². The molecule has 1 unspecified atom stereocenters. The van der Waals surface area contributed by atoms with Gasteiger partial charge < -0.3 is 34.1 Å². The number of piperidine rings is 1. The molecule has 1 aromatic carbocycles. The molecule has 8 rings (SSSR count). The predicted octanol–water partition coefficient (Wildman–Crippen LogP) is 7.27. The molecule has 16 nitrogen and oxygen atoms in total. The van der Waals surface area contributed by atoms with Gasteiger partial charge >= 0.3 is 18.2 Å². The molecule has 2 N–H and O–H groups in total. The van der Waals surface area contributed by atoms with Crippen LogP contribution in [-0.4, -0.2) is 148 Å². The molecule has 0 aliphatic carbocycles. The third-order valence-corrected chi connectivity index (χ3v) is 15.5. The lowest BCUT2D eigenvalue weighted by Gasteiger charge is -2.54. The molecule has 4 aliphatic rings. The monoisotopic (exact) mass is 1040 g/mol. The van der Waals surface area contributed by atoms with Gasteiger partial charge in [0.05, 0.1) is 34.8 Å². The summed E-state index contributed by atoms with van der Waals surface area (Å²) in [6.45, 7) is 9.18. The van der Waals surface area contributed by atoms with Gasteiger partial charge in [0.15, 0.2) is 0 Å². The van der Waals surface area contributed by atoms with Crippen LogP contribution in [0, 0.1) is 16.7 Å². The van der Waals surface area contributed by atoms with Crippen molar-refractivity contribution >= 4 is 52.0 Å². The topological polar surface area (TPSA) is 172 Å². The largest absolute Gasteiger partial charge is 0.464 e. The summed E-state index contributed by atoms with van der Waals surface area (Å²) in [7, 11) is 3.08. The average Bonchev–Trinajstić information content (AvgIpc) is 3.93. The van der Waals surface area contributed by atoms with Crippen molar-refractivity contribution in [2.45, 2.75) is 110 Å². The van der Waals surface area contributed by atoms with E-state index in [1.807, 2.05) is 33.8 Å². The summed E-state index contributed by atoms with van der Waals surface area (Å²) in [5.74, 6) is -2.31. The van der Waals surface area contributed by atoms with E-state index < -0.39 is 66.8 Å². The Labute approximate surface area is 426 Å². The molecule has 3 fully saturated rings. The first-order chi connectivity index (χ1) is 34.6. The van der Waals surface area contributed by atoms with Crippen LogP contribution in [0.5, 0.6) is 0 Å². The summed E-state index contributed by atoms with van der Waals surface area (Å²) < 4.78 is 69.6. The summed E-state index contributed by atoms with van der Waals surface area (Å²) in [5, 5.41) is 7.14. The minimum absolute atomic E-state index is 0.0580. The van der Waals surface area contributed by atoms with Crippen LogP contribution in [0.1, 0.15) is 82.7 Å². The van der Waals surface area contributed by atoms with E-state index in [0.717, 1.165) is 0 Å². The van der Waals surface area contributed by atoms with Crippen molar-refractivity contribution in [1.82, 2.24) is 45.0 Å². The molecule has 6 bridgehead atoms. The number of methoxy groups -OCH3 is 1. The van der Waals surface area contributed by atoms with Crippen LogP contribution in [0.3, 0.4) is 0 Å². The molecule has 0 saturated carbocycles. The molecular formula is C52H65F4N9O7S. The highest BCUT2D eigenvalue weighted by molar-refractivity contribution is 7.10. The number of benzene rings is 1. The smallest absolute Gasteiger partial charge is 0.406 e.